The highest BCUT2D eigenvalue weighted by atomic mass is 35.5. The van der Waals surface area contributed by atoms with Gasteiger partial charge >= 0.3 is 0 Å². The third-order valence-corrected chi connectivity index (χ3v) is 5.41. The number of rotatable bonds is 4. The molecule has 2 heterocycles. The molecule has 1 atom stereocenters. The van der Waals surface area contributed by atoms with Crippen LogP contribution < -0.4 is 5.32 Å². The average Bonchev–Trinajstić information content (AvgIpc) is 3.09. The van der Waals surface area contributed by atoms with Crippen LogP contribution in [0.3, 0.4) is 0 Å². The average molecular weight is 358 g/mol. The van der Waals surface area contributed by atoms with E-state index in [0.717, 1.165) is 9.75 Å². The number of halogens is 3. The van der Waals surface area contributed by atoms with Crippen LogP contribution in [0.4, 0.5) is 10.1 Å². The Labute approximate surface area is 140 Å². The lowest BCUT2D eigenvalue weighted by Gasteiger charge is -2.18. The second-order valence-corrected chi connectivity index (χ2v) is 7.52. The summed E-state index contributed by atoms with van der Waals surface area (Å²) >= 11 is 14.9. The minimum absolute atomic E-state index is 0.127. The SMILES string of the molecule is Fc1cc(Cl)ccc1NC(c1cccs1)c1ccc(Cl)s1. The molecule has 108 valence electrons. The van der Waals surface area contributed by atoms with Crippen molar-refractivity contribution in [2.75, 3.05) is 5.32 Å². The van der Waals surface area contributed by atoms with Crippen molar-refractivity contribution in [3.8, 4) is 0 Å². The summed E-state index contributed by atoms with van der Waals surface area (Å²) in [6.45, 7) is 0. The maximum atomic E-state index is 14.0. The maximum Gasteiger partial charge on any atom is 0.147 e. The van der Waals surface area contributed by atoms with Crippen molar-refractivity contribution in [2.24, 2.45) is 0 Å². The molecule has 1 nitrogen and oxygen atoms in total. The van der Waals surface area contributed by atoms with E-state index < -0.39 is 0 Å². The van der Waals surface area contributed by atoms with Gasteiger partial charge in [-0.1, -0.05) is 29.3 Å². The molecule has 1 unspecified atom stereocenters. The Balaban J connectivity index is 1.96. The highest BCUT2D eigenvalue weighted by Gasteiger charge is 2.18. The summed E-state index contributed by atoms with van der Waals surface area (Å²) in [6, 6.07) is 12.3. The lowest BCUT2D eigenvalue weighted by Crippen LogP contribution is -2.10. The molecular weight excluding hydrogens is 348 g/mol. The van der Waals surface area contributed by atoms with Crippen molar-refractivity contribution in [3.63, 3.8) is 0 Å². The first-order valence-electron chi connectivity index (χ1n) is 6.14. The minimum atomic E-state index is -0.369. The molecule has 3 aromatic rings. The zero-order chi connectivity index (χ0) is 14.8. The molecule has 0 saturated heterocycles. The molecule has 0 aliphatic heterocycles. The Morgan fingerprint density at radius 2 is 1.90 bits per heavy atom. The quantitative estimate of drug-likeness (QED) is 0.565. The second-order valence-electron chi connectivity index (χ2n) is 4.36. The molecular formula is C15H10Cl2FNS2. The summed E-state index contributed by atoms with van der Waals surface area (Å²) < 4.78 is 14.7. The van der Waals surface area contributed by atoms with E-state index in [1.54, 1.807) is 23.5 Å². The predicted molar refractivity (Wildman–Crippen MR) is 90.5 cm³/mol. The van der Waals surface area contributed by atoms with Crippen LogP contribution in [0.15, 0.2) is 47.8 Å². The van der Waals surface area contributed by atoms with E-state index in [1.165, 1.54) is 17.4 Å². The topological polar surface area (TPSA) is 12.0 Å². The van der Waals surface area contributed by atoms with Crippen molar-refractivity contribution < 1.29 is 4.39 Å². The molecule has 0 aliphatic rings. The first-order chi connectivity index (χ1) is 10.1. The number of hydrogen-bond acceptors (Lipinski definition) is 3. The molecule has 1 aromatic carbocycles. The summed E-state index contributed by atoms with van der Waals surface area (Å²) in [6.07, 6.45) is 0. The van der Waals surface area contributed by atoms with E-state index in [0.29, 0.717) is 15.0 Å². The molecule has 1 N–H and O–H groups in total. The molecule has 0 saturated carbocycles. The van der Waals surface area contributed by atoms with E-state index in [2.05, 4.69) is 5.32 Å². The van der Waals surface area contributed by atoms with Gasteiger partial charge < -0.3 is 5.32 Å². The lowest BCUT2D eigenvalue weighted by molar-refractivity contribution is 0.629. The molecule has 0 bridgehead atoms. The molecule has 0 radical (unpaired) electrons. The predicted octanol–water partition coefficient (Wildman–Crippen LogP) is 6.46. The van der Waals surface area contributed by atoms with Crippen molar-refractivity contribution in [1.82, 2.24) is 0 Å². The van der Waals surface area contributed by atoms with Gasteiger partial charge in [0.2, 0.25) is 0 Å². The van der Waals surface area contributed by atoms with E-state index in [1.807, 2.05) is 29.6 Å². The number of thiophene rings is 2. The second kappa shape index (κ2) is 6.36. The van der Waals surface area contributed by atoms with Gasteiger partial charge in [0.15, 0.2) is 0 Å². The largest absolute Gasteiger partial charge is 0.370 e. The molecule has 0 aliphatic carbocycles. The standard InChI is InChI=1S/C15H10Cl2FNS2/c16-9-3-4-11(10(18)8-9)19-15(12-2-1-7-20-12)13-5-6-14(17)21-13/h1-8,15,19H. The van der Waals surface area contributed by atoms with Crippen LogP contribution in [-0.2, 0) is 0 Å². The third-order valence-electron chi connectivity index (χ3n) is 2.94. The van der Waals surface area contributed by atoms with Gasteiger partial charge in [-0.3, -0.25) is 0 Å². The third kappa shape index (κ3) is 3.40. The van der Waals surface area contributed by atoms with E-state index in [9.17, 15) is 4.39 Å². The molecule has 2 aromatic heterocycles. The van der Waals surface area contributed by atoms with Crippen LogP contribution in [0.5, 0.6) is 0 Å². The van der Waals surface area contributed by atoms with Crippen LogP contribution in [-0.4, -0.2) is 0 Å². The first-order valence-corrected chi connectivity index (χ1v) is 8.59. The fourth-order valence-corrected chi connectivity index (χ4v) is 4.14. The zero-order valence-electron chi connectivity index (χ0n) is 10.6. The summed E-state index contributed by atoms with van der Waals surface area (Å²) in [7, 11) is 0. The highest BCUT2D eigenvalue weighted by Crippen LogP contribution is 2.36. The van der Waals surface area contributed by atoms with Crippen molar-refractivity contribution in [2.45, 2.75) is 6.04 Å². The fourth-order valence-electron chi connectivity index (χ4n) is 1.98. The van der Waals surface area contributed by atoms with Crippen LogP contribution >= 0.6 is 45.9 Å². The smallest absolute Gasteiger partial charge is 0.147 e. The molecule has 21 heavy (non-hydrogen) atoms. The Morgan fingerprint density at radius 1 is 1.05 bits per heavy atom. The van der Waals surface area contributed by atoms with Gasteiger partial charge in [-0.25, -0.2) is 4.39 Å². The van der Waals surface area contributed by atoms with Crippen LogP contribution in [0.25, 0.3) is 0 Å². The zero-order valence-corrected chi connectivity index (χ0v) is 13.8. The van der Waals surface area contributed by atoms with E-state index >= 15 is 0 Å². The van der Waals surface area contributed by atoms with Gasteiger partial charge in [0, 0.05) is 14.8 Å². The number of nitrogens with one attached hydrogen (secondary N) is 1. The van der Waals surface area contributed by atoms with Gasteiger partial charge in [-0.2, -0.15) is 0 Å². The van der Waals surface area contributed by atoms with E-state index in [4.69, 9.17) is 23.2 Å². The monoisotopic (exact) mass is 357 g/mol. The molecule has 0 spiro atoms. The number of anilines is 1. The van der Waals surface area contributed by atoms with Crippen molar-refractivity contribution >= 4 is 51.6 Å². The Kier molecular flexibility index (Phi) is 4.50. The Hall–Kier alpha value is -1.07. The van der Waals surface area contributed by atoms with Gasteiger partial charge in [-0.15, -0.1) is 22.7 Å². The molecule has 6 heteroatoms. The Bertz CT molecular complexity index is 740. The van der Waals surface area contributed by atoms with Crippen LogP contribution in [0.2, 0.25) is 9.36 Å². The van der Waals surface area contributed by atoms with E-state index in [-0.39, 0.29) is 11.9 Å². The Morgan fingerprint density at radius 3 is 2.52 bits per heavy atom. The van der Waals surface area contributed by atoms with Gasteiger partial charge in [-0.05, 0) is 41.8 Å². The molecule has 0 fully saturated rings. The molecule has 0 amide bonds. The first kappa shape index (κ1) is 14.9. The summed E-state index contributed by atoms with van der Waals surface area (Å²) in [4.78, 5) is 2.14. The summed E-state index contributed by atoms with van der Waals surface area (Å²) in [5.41, 5.74) is 0.419. The number of hydrogen-bond donors (Lipinski definition) is 1. The van der Waals surface area contributed by atoms with Crippen molar-refractivity contribution in [3.05, 3.63) is 72.8 Å². The minimum Gasteiger partial charge on any atom is -0.370 e. The molecule has 3 rings (SSSR count). The van der Waals surface area contributed by atoms with Crippen LogP contribution in [0, 0.1) is 5.82 Å². The maximum absolute atomic E-state index is 14.0. The highest BCUT2D eigenvalue weighted by molar-refractivity contribution is 7.16. The fraction of sp³-hybridized carbons (Fsp3) is 0.0667. The normalized spacial score (nSPS) is 12.3. The number of benzene rings is 1. The summed E-state index contributed by atoms with van der Waals surface area (Å²) in [5, 5.41) is 5.61. The van der Waals surface area contributed by atoms with Gasteiger partial charge in [0.05, 0.1) is 16.1 Å². The van der Waals surface area contributed by atoms with Gasteiger partial charge in [0.25, 0.3) is 0 Å². The summed E-state index contributed by atoms with van der Waals surface area (Å²) in [5.74, 6) is -0.369. The van der Waals surface area contributed by atoms with Gasteiger partial charge in [0.1, 0.15) is 5.82 Å². The van der Waals surface area contributed by atoms with Crippen LogP contribution in [0.1, 0.15) is 15.8 Å². The lowest BCUT2D eigenvalue weighted by atomic mass is 10.2. The van der Waals surface area contributed by atoms with Crippen molar-refractivity contribution in [1.29, 1.82) is 0 Å².